The third-order valence-corrected chi connectivity index (χ3v) is 1.75. The lowest BCUT2D eigenvalue weighted by molar-refractivity contribution is -0.129. The second kappa shape index (κ2) is 3.49. The largest absolute Gasteiger partial charge is 0.343 e. The van der Waals surface area contributed by atoms with E-state index in [1.54, 1.807) is 11.8 Å². The molecule has 2 heteroatoms. The van der Waals surface area contributed by atoms with Crippen molar-refractivity contribution in [1.82, 2.24) is 4.90 Å². The summed E-state index contributed by atoms with van der Waals surface area (Å²) in [5.41, 5.74) is 0. The smallest absolute Gasteiger partial charge is 0.219 e. The van der Waals surface area contributed by atoms with E-state index in [1.807, 2.05) is 14.0 Å². The van der Waals surface area contributed by atoms with Gasteiger partial charge in [0.1, 0.15) is 0 Å². The first kappa shape index (κ1) is 8.47. The van der Waals surface area contributed by atoms with E-state index in [4.69, 9.17) is 0 Å². The van der Waals surface area contributed by atoms with Crippen molar-refractivity contribution in [2.75, 3.05) is 7.05 Å². The van der Waals surface area contributed by atoms with Gasteiger partial charge in [0, 0.05) is 20.0 Å². The minimum absolute atomic E-state index is 0.143. The lowest BCUT2D eigenvalue weighted by atomic mass is 10.2. The number of hydrogen-bond acceptors (Lipinski definition) is 1. The number of carbonyl (C=O) groups excluding carboxylic acids is 1. The third-order valence-electron chi connectivity index (χ3n) is 1.75. The Morgan fingerprint density at radius 3 is 2.22 bits per heavy atom. The van der Waals surface area contributed by atoms with Crippen LogP contribution in [-0.2, 0) is 4.79 Å². The Kier molecular flexibility index (Phi) is 3.28. The van der Waals surface area contributed by atoms with Crippen molar-refractivity contribution in [1.29, 1.82) is 0 Å². The predicted molar refractivity (Wildman–Crippen MR) is 38.2 cm³/mol. The molecule has 0 saturated heterocycles. The Bertz CT molecular complexity index is 101. The molecule has 0 fully saturated rings. The maximum Gasteiger partial charge on any atom is 0.219 e. The molecular formula is C7H15NO. The lowest BCUT2D eigenvalue weighted by Crippen LogP contribution is -2.32. The predicted octanol–water partition coefficient (Wildman–Crippen LogP) is 1.26. The van der Waals surface area contributed by atoms with Crippen LogP contribution < -0.4 is 0 Å². The van der Waals surface area contributed by atoms with Crippen molar-refractivity contribution >= 4 is 5.91 Å². The molecule has 0 aromatic heterocycles. The van der Waals surface area contributed by atoms with Crippen LogP contribution in [0.15, 0.2) is 0 Å². The van der Waals surface area contributed by atoms with E-state index in [-0.39, 0.29) is 5.91 Å². The van der Waals surface area contributed by atoms with Gasteiger partial charge in [-0.2, -0.15) is 0 Å². The average molecular weight is 129 g/mol. The van der Waals surface area contributed by atoms with Crippen molar-refractivity contribution in [3.63, 3.8) is 0 Å². The molecule has 0 N–H and O–H groups in total. The summed E-state index contributed by atoms with van der Waals surface area (Å²) in [6.45, 7) is 5.71. The molecule has 0 bridgehead atoms. The second-order valence-electron chi connectivity index (χ2n) is 2.39. The third kappa shape index (κ3) is 2.49. The molecule has 0 aliphatic carbocycles. The fourth-order valence-corrected chi connectivity index (χ4v) is 0.584. The van der Waals surface area contributed by atoms with Crippen molar-refractivity contribution in [2.45, 2.75) is 33.2 Å². The molecule has 1 atom stereocenters. The van der Waals surface area contributed by atoms with Gasteiger partial charge in [-0.15, -0.1) is 0 Å². The van der Waals surface area contributed by atoms with Crippen LogP contribution in [-0.4, -0.2) is 23.9 Å². The molecule has 0 aliphatic rings. The van der Waals surface area contributed by atoms with Crippen molar-refractivity contribution in [2.24, 2.45) is 0 Å². The molecule has 0 spiro atoms. The molecule has 0 aromatic carbocycles. The van der Waals surface area contributed by atoms with Gasteiger partial charge in [0.05, 0.1) is 0 Å². The molecule has 0 saturated carbocycles. The zero-order valence-corrected chi connectivity index (χ0v) is 6.64. The summed E-state index contributed by atoms with van der Waals surface area (Å²) in [6.07, 6.45) is 1.02. The van der Waals surface area contributed by atoms with E-state index in [1.165, 1.54) is 0 Å². The summed E-state index contributed by atoms with van der Waals surface area (Å²) in [4.78, 5) is 12.4. The van der Waals surface area contributed by atoms with E-state index < -0.39 is 0 Å². The van der Waals surface area contributed by atoms with Crippen molar-refractivity contribution in [3.8, 4) is 0 Å². The topological polar surface area (TPSA) is 20.3 Å². The van der Waals surface area contributed by atoms with Crippen LogP contribution in [0.3, 0.4) is 0 Å². The Morgan fingerprint density at radius 1 is 1.67 bits per heavy atom. The normalized spacial score (nSPS) is 12.9. The highest BCUT2D eigenvalue weighted by Crippen LogP contribution is 1.98. The average Bonchev–Trinajstić information content (AvgIpc) is 1.84. The van der Waals surface area contributed by atoms with Gasteiger partial charge in [-0.25, -0.2) is 0 Å². The maximum absolute atomic E-state index is 10.7. The van der Waals surface area contributed by atoms with Crippen LogP contribution in [0.4, 0.5) is 0 Å². The van der Waals surface area contributed by atoms with Gasteiger partial charge in [0.2, 0.25) is 5.91 Å². The first-order valence-electron chi connectivity index (χ1n) is 3.33. The van der Waals surface area contributed by atoms with Crippen LogP contribution in [0.25, 0.3) is 0 Å². The molecule has 0 aromatic rings. The Labute approximate surface area is 56.9 Å². The Hall–Kier alpha value is -0.530. The van der Waals surface area contributed by atoms with Gasteiger partial charge < -0.3 is 4.90 Å². The maximum atomic E-state index is 10.7. The SMILES string of the molecule is CC[C@@H](C)N(C)C(C)=O. The molecule has 2 nitrogen and oxygen atoms in total. The molecule has 54 valence electrons. The van der Waals surface area contributed by atoms with E-state index in [2.05, 4.69) is 6.92 Å². The highest BCUT2D eigenvalue weighted by atomic mass is 16.2. The zero-order chi connectivity index (χ0) is 7.44. The van der Waals surface area contributed by atoms with E-state index in [0.717, 1.165) is 6.42 Å². The molecule has 0 rings (SSSR count). The zero-order valence-electron chi connectivity index (χ0n) is 6.64. The van der Waals surface area contributed by atoms with Crippen LogP contribution >= 0.6 is 0 Å². The Balaban J connectivity index is 3.72. The van der Waals surface area contributed by atoms with Crippen LogP contribution in [0, 0.1) is 0 Å². The van der Waals surface area contributed by atoms with Crippen molar-refractivity contribution in [3.05, 3.63) is 0 Å². The standard InChI is InChI=1S/C7H15NO/c1-5-6(2)8(4)7(3)9/h6H,5H2,1-4H3/t6-/m1/s1. The first-order valence-corrected chi connectivity index (χ1v) is 3.33. The molecule has 9 heavy (non-hydrogen) atoms. The number of amides is 1. The van der Waals surface area contributed by atoms with Gasteiger partial charge in [-0.3, -0.25) is 4.79 Å². The van der Waals surface area contributed by atoms with Crippen LogP contribution in [0.2, 0.25) is 0 Å². The van der Waals surface area contributed by atoms with Crippen LogP contribution in [0.1, 0.15) is 27.2 Å². The summed E-state index contributed by atoms with van der Waals surface area (Å²) in [7, 11) is 1.83. The number of rotatable bonds is 2. The highest BCUT2D eigenvalue weighted by Gasteiger charge is 2.07. The van der Waals surface area contributed by atoms with Gasteiger partial charge >= 0.3 is 0 Å². The summed E-state index contributed by atoms with van der Waals surface area (Å²) >= 11 is 0. The molecule has 0 heterocycles. The summed E-state index contributed by atoms with van der Waals surface area (Å²) < 4.78 is 0. The second-order valence-corrected chi connectivity index (χ2v) is 2.39. The van der Waals surface area contributed by atoms with Crippen LogP contribution in [0.5, 0.6) is 0 Å². The Morgan fingerprint density at radius 2 is 2.11 bits per heavy atom. The van der Waals surface area contributed by atoms with Gasteiger partial charge in [0.25, 0.3) is 0 Å². The fourth-order valence-electron chi connectivity index (χ4n) is 0.584. The summed E-state index contributed by atoms with van der Waals surface area (Å²) in [5.74, 6) is 0.143. The van der Waals surface area contributed by atoms with Crippen molar-refractivity contribution < 1.29 is 4.79 Å². The van der Waals surface area contributed by atoms with E-state index in [0.29, 0.717) is 6.04 Å². The molecule has 0 unspecified atom stereocenters. The lowest BCUT2D eigenvalue weighted by Gasteiger charge is -2.21. The molecule has 0 radical (unpaired) electrons. The van der Waals surface area contributed by atoms with E-state index in [9.17, 15) is 4.79 Å². The monoisotopic (exact) mass is 129 g/mol. The minimum atomic E-state index is 0.143. The number of hydrogen-bond donors (Lipinski definition) is 0. The van der Waals surface area contributed by atoms with Gasteiger partial charge in [-0.1, -0.05) is 6.92 Å². The number of carbonyl (C=O) groups is 1. The van der Waals surface area contributed by atoms with Gasteiger partial charge in [-0.05, 0) is 13.3 Å². The molecule has 0 aliphatic heterocycles. The fraction of sp³-hybridized carbons (Fsp3) is 0.857. The molecular weight excluding hydrogens is 114 g/mol. The van der Waals surface area contributed by atoms with E-state index >= 15 is 0 Å². The highest BCUT2D eigenvalue weighted by molar-refractivity contribution is 5.73. The summed E-state index contributed by atoms with van der Waals surface area (Å²) in [5, 5.41) is 0. The number of nitrogens with zero attached hydrogens (tertiary/aromatic N) is 1. The summed E-state index contributed by atoms with van der Waals surface area (Å²) in [6, 6.07) is 0.377. The molecule has 1 amide bonds. The first-order chi connectivity index (χ1) is 4.09. The minimum Gasteiger partial charge on any atom is -0.343 e. The quantitative estimate of drug-likeness (QED) is 0.549. The van der Waals surface area contributed by atoms with Gasteiger partial charge in [0.15, 0.2) is 0 Å².